The molecule has 0 radical (unpaired) electrons. The molecule has 4 heteroatoms. The summed E-state index contributed by atoms with van der Waals surface area (Å²) in [5, 5.41) is 2.48. The molecule has 0 unspecified atom stereocenters. The molecule has 0 aliphatic rings. The first-order valence-electron chi connectivity index (χ1n) is 1.73. The SMILES string of the molecule is CNC(=O)SSC. The number of rotatable bonds is 1. The zero-order valence-electron chi connectivity index (χ0n) is 4.22. The minimum atomic E-state index is 0.00694. The second-order valence-electron chi connectivity index (χ2n) is 0.787. The topological polar surface area (TPSA) is 29.1 Å². The monoisotopic (exact) mass is 137 g/mol. The zero-order valence-corrected chi connectivity index (χ0v) is 5.86. The zero-order chi connectivity index (χ0) is 5.70. The Morgan fingerprint density at radius 1 is 1.71 bits per heavy atom. The van der Waals surface area contributed by atoms with Gasteiger partial charge in [-0.25, -0.2) is 0 Å². The minimum Gasteiger partial charge on any atom is -0.349 e. The third-order valence-corrected chi connectivity index (χ3v) is 1.84. The summed E-state index contributed by atoms with van der Waals surface area (Å²) in [4.78, 5) is 10.2. The van der Waals surface area contributed by atoms with E-state index in [0.717, 1.165) is 0 Å². The predicted molar refractivity (Wildman–Crippen MR) is 35.6 cm³/mol. The molecule has 1 N–H and O–H groups in total. The summed E-state index contributed by atoms with van der Waals surface area (Å²) in [6, 6.07) is 0. The molecule has 0 rings (SSSR count). The molecule has 1 amide bonds. The Hall–Kier alpha value is 0.170. The van der Waals surface area contributed by atoms with Crippen LogP contribution in [0.5, 0.6) is 0 Å². The second-order valence-corrected chi connectivity index (χ2v) is 3.16. The van der Waals surface area contributed by atoms with E-state index in [9.17, 15) is 4.79 Å². The molecule has 0 spiro atoms. The van der Waals surface area contributed by atoms with Gasteiger partial charge in [0.05, 0.1) is 0 Å². The average molecular weight is 137 g/mol. The molecule has 2 nitrogen and oxygen atoms in total. The van der Waals surface area contributed by atoms with Gasteiger partial charge in [-0.15, -0.1) is 0 Å². The van der Waals surface area contributed by atoms with Crippen LogP contribution in [0.4, 0.5) is 4.79 Å². The molecule has 0 aromatic heterocycles. The summed E-state index contributed by atoms with van der Waals surface area (Å²) in [6.45, 7) is 0. The van der Waals surface area contributed by atoms with E-state index < -0.39 is 0 Å². The van der Waals surface area contributed by atoms with Crippen LogP contribution in [0.2, 0.25) is 0 Å². The van der Waals surface area contributed by atoms with E-state index in [1.807, 2.05) is 6.26 Å². The van der Waals surface area contributed by atoms with Crippen molar-refractivity contribution in [1.82, 2.24) is 5.32 Å². The third kappa shape index (κ3) is 4.01. The maximum absolute atomic E-state index is 10.2. The number of carbonyl (C=O) groups excluding carboxylic acids is 1. The normalized spacial score (nSPS) is 8.29. The van der Waals surface area contributed by atoms with Crippen molar-refractivity contribution in [2.75, 3.05) is 13.3 Å². The Morgan fingerprint density at radius 2 is 2.29 bits per heavy atom. The summed E-state index contributed by atoms with van der Waals surface area (Å²) >= 11 is 0. The van der Waals surface area contributed by atoms with Gasteiger partial charge < -0.3 is 5.32 Å². The highest BCUT2D eigenvalue weighted by molar-refractivity contribution is 8.81. The van der Waals surface area contributed by atoms with E-state index >= 15 is 0 Å². The van der Waals surface area contributed by atoms with Gasteiger partial charge in [0.2, 0.25) is 0 Å². The molecule has 7 heavy (non-hydrogen) atoms. The van der Waals surface area contributed by atoms with Gasteiger partial charge in [0.25, 0.3) is 5.24 Å². The van der Waals surface area contributed by atoms with Crippen LogP contribution in [0, 0.1) is 0 Å². The number of hydrogen-bond acceptors (Lipinski definition) is 3. The molecule has 0 saturated carbocycles. The Bertz CT molecular complexity index is 66.0. The van der Waals surface area contributed by atoms with Crippen LogP contribution in [-0.4, -0.2) is 18.5 Å². The minimum absolute atomic E-state index is 0.00694. The average Bonchev–Trinajstić information content (AvgIpc) is 1.68. The van der Waals surface area contributed by atoms with Crippen molar-refractivity contribution in [3.8, 4) is 0 Å². The summed E-state index contributed by atoms with van der Waals surface area (Å²) in [5.41, 5.74) is 0. The lowest BCUT2D eigenvalue weighted by atomic mass is 11.2. The molecule has 0 saturated heterocycles. The molecule has 0 aliphatic carbocycles. The van der Waals surface area contributed by atoms with E-state index in [2.05, 4.69) is 5.32 Å². The fourth-order valence-corrected chi connectivity index (χ4v) is 1.06. The first-order chi connectivity index (χ1) is 3.31. The van der Waals surface area contributed by atoms with Gasteiger partial charge in [0.1, 0.15) is 0 Å². The van der Waals surface area contributed by atoms with Crippen molar-refractivity contribution in [2.24, 2.45) is 0 Å². The molecule has 0 atom stereocenters. The largest absolute Gasteiger partial charge is 0.349 e. The number of nitrogens with one attached hydrogen (secondary N) is 1. The highest BCUT2D eigenvalue weighted by atomic mass is 33.1. The molecule has 42 valence electrons. The van der Waals surface area contributed by atoms with Crippen molar-refractivity contribution in [2.45, 2.75) is 0 Å². The molecule has 0 aliphatic heterocycles. The lowest BCUT2D eigenvalue weighted by Crippen LogP contribution is -2.09. The van der Waals surface area contributed by atoms with Crippen LogP contribution < -0.4 is 5.32 Å². The van der Waals surface area contributed by atoms with Crippen molar-refractivity contribution < 1.29 is 4.79 Å². The highest BCUT2D eigenvalue weighted by Gasteiger charge is 1.91. The fraction of sp³-hybridized carbons (Fsp3) is 0.667. The Kier molecular flexibility index (Phi) is 4.44. The van der Waals surface area contributed by atoms with Gasteiger partial charge in [-0.05, 0) is 6.26 Å². The van der Waals surface area contributed by atoms with Crippen LogP contribution in [0.3, 0.4) is 0 Å². The molecule has 0 aromatic carbocycles. The second kappa shape index (κ2) is 4.33. The number of hydrogen-bond donors (Lipinski definition) is 1. The van der Waals surface area contributed by atoms with Crippen LogP contribution in [-0.2, 0) is 0 Å². The Morgan fingerprint density at radius 3 is 2.43 bits per heavy atom. The highest BCUT2D eigenvalue weighted by Crippen LogP contribution is 2.16. The van der Waals surface area contributed by atoms with Crippen LogP contribution >= 0.6 is 21.6 Å². The van der Waals surface area contributed by atoms with Gasteiger partial charge >= 0.3 is 0 Å². The Labute approximate surface area is 50.8 Å². The number of carbonyl (C=O) groups is 1. The summed E-state index contributed by atoms with van der Waals surface area (Å²) in [6.07, 6.45) is 1.86. The van der Waals surface area contributed by atoms with Crippen molar-refractivity contribution in [3.63, 3.8) is 0 Å². The Balaban J connectivity index is 3.00. The van der Waals surface area contributed by atoms with Gasteiger partial charge in [-0.3, -0.25) is 4.79 Å². The van der Waals surface area contributed by atoms with E-state index in [1.165, 1.54) is 21.6 Å². The standard InChI is InChI=1S/C3H7NOS2/c1-4-3(5)7-6-2/h1-2H3,(H,4,5). The maximum atomic E-state index is 10.2. The fourth-order valence-electron chi connectivity index (χ4n) is 0.117. The molecular weight excluding hydrogens is 130 g/mol. The molecule has 0 fully saturated rings. The maximum Gasteiger partial charge on any atom is 0.289 e. The molecule has 0 heterocycles. The van der Waals surface area contributed by atoms with E-state index in [0.29, 0.717) is 0 Å². The summed E-state index contributed by atoms with van der Waals surface area (Å²) in [7, 11) is 4.25. The molecule has 0 bridgehead atoms. The van der Waals surface area contributed by atoms with Crippen LogP contribution in [0.1, 0.15) is 0 Å². The first kappa shape index (κ1) is 7.17. The molecular formula is C3H7NOS2. The van der Waals surface area contributed by atoms with Gasteiger partial charge in [-0.1, -0.05) is 10.8 Å². The predicted octanol–water partition coefficient (Wildman–Crippen LogP) is 1.34. The van der Waals surface area contributed by atoms with Gasteiger partial charge in [0, 0.05) is 17.8 Å². The van der Waals surface area contributed by atoms with E-state index in [4.69, 9.17) is 0 Å². The smallest absolute Gasteiger partial charge is 0.289 e. The van der Waals surface area contributed by atoms with Crippen molar-refractivity contribution >= 4 is 26.8 Å². The summed E-state index contributed by atoms with van der Waals surface area (Å²) in [5.74, 6) is 0. The quantitative estimate of drug-likeness (QED) is 0.553. The lowest BCUT2D eigenvalue weighted by Gasteiger charge is -1.89. The van der Waals surface area contributed by atoms with Gasteiger partial charge in [-0.2, -0.15) is 0 Å². The number of amides is 1. The summed E-state index contributed by atoms with van der Waals surface area (Å²) < 4.78 is 0. The first-order valence-corrected chi connectivity index (χ1v) is 4.29. The van der Waals surface area contributed by atoms with Crippen LogP contribution in [0.15, 0.2) is 0 Å². The van der Waals surface area contributed by atoms with Gasteiger partial charge in [0.15, 0.2) is 0 Å². The van der Waals surface area contributed by atoms with Crippen molar-refractivity contribution in [1.29, 1.82) is 0 Å². The van der Waals surface area contributed by atoms with Crippen molar-refractivity contribution in [3.05, 3.63) is 0 Å². The van der Waals surface area contributed by atoms with Crippen LogP contribution in [0.25, 0.3) is 0 Å². The lowest BCUT2D eigenvalue weighted by molar-refractivity contribution is 0.262. The van der Waals surface area contributed by atoms with E-state index in [-0.39, 0.29) is 5.24 Å². The third-order valence-electron chi connectivity index (χ3n) is 0.363. The van der Waals surface area contributed by atoms with E-state index in [1.54, 1.807) is 7.05 Å². The molecule has 0 aromatic rings.